The minimum atomic E-state index is -0.428. The van der Waals surface area contributed by atoms with Crippen LogP contribution < -0.4 is 10.1 Å². The third kappa shape index (κ3) is 4.13. The highest BCUT2D eigenvalue weighted by molar-refractivity contribution is 5.69. The van der Waals surface area contributed by atoms with Crippen LogP contribution in [0.4, 0.5) is 4.79 Å². The van der Waals surface area contributed by atoms with Crippen molar-refractivity contribution in [3.63, 3.8) is 0 Å². The van der Waals surface area contributed by atoms with Crippen molar-refractivity contribution >= 4 is 6.09 Å². The van der Waals surface area contributed by atoms with Crippen molar-refractivity contribution in [3.8, 4) is 5.88 Å². The second kappa shape index (κ2) is 7.33. The molecule has 5 heteroatoms. The van der Waals surface area contributed by atoms with Crippen LogP contribution in [0.3, 0.4) is 0 Å². The maximum atomic E-state index is 11.9. The zero-order valence-corrected chi connectivity index (χ0v) is 13.5. The number of aromatic nitrogens is 1. The van der Waals surface area contributed by atoms with Gasteiger partial charge in [-0.05, 0) is 37.6 Å². The molecule has 1 aromatic heterocycles. The summed E-state index contributed by atoms with van der Waals surface area (Å²) in [5, 5.41) is 2.77. The zero-order valence-electron chi connectivity index (χ0n) is 13.5. The molecule has 1 aliphatic rings. The highest BCUT2D eigenvalue weighted by atomic mass is 16.6. The van der Waals surface area contributed by atoms with Gasteiger partial charge in [0.15, 0.2) is 0 Å². The fourth-order valence-electron chi connectivity index (χ4n) is 2.86. The fraction of sp³-hybridized carbons (Fsp3) is 0.389. The molecule has 1 N–H and O–H groups in total. The Morgan fingerprint density at radius 3 is 2.61 bits per heavy atom. The lowest BCUT2D eigenvalue weighted by atomic mass is 10.2. The van der Waals surface area contributed by atoms with Crippen LogP contribution in [0.5, 0.6) is 5.88 Å². The summed E-state index contributed by atoms with van der Waals surface area (Å²) in [5.74, 6) is 0.574. The molecule has 0 aliphatic carbocycles. The second-order valence-corrected chi connectivity index (χ2v) is 5.93. The average Bonchev–Trinajstić information content (AvgIpc) is 3.19. The number of nitrogens with one attached hydrogen (secondary N) is 1. The molecule has 0 saturated carbocycles. The Hall–Kier alpha value is -2.27. The Balaban J connectivity index is 1.53. The number of hydrogen-bond acceptors (Lipinski definition) is 3. The molecule has 5 nitrogen and oxygen atoms in total. The number of likely N-dealkylation sites (tertiary alicyclic amines) is 1. The van der Waals surface area contributed by atoms with E-state index in [1.54, 1.807) is 0 Å². The maximum Gasteiger partial charge on any atom is 0.414 e. The number of benzene rings is 1. The van der Waals surface area contributed by atoms with Gasteiger partial charge >= 0.3 is 6.09 Å². The number of hydrogen-bond donors (Lipinski definition) is 1. The van der Waals surface area contributed by atoms with Crippen molar-refractivity contribution in [1.29, 1.82) is 0 Å². The first kappa shape index (κ1) is 15.6. The van der Waals surface area contributed by atoms with Crippen molar-refractivity contribution in [2.75, 3.05) is 13.1 Å². The van der Waals surface area contributed by atoms with E-state index in [9.17, 15) is 4.79 Å². The smallest absolute Gasteiger partial charge is 0.393 e. The Morgan fingerprint density at radius 1 is 1.13 bits per heavy atom. The van der Waals surface area contributed by atoms with E-state index in [2.05, 4.69) is 10.2 Å². The van der Waals surface area contributed by atoms with Gasteiger partial charge in [0.1, 0.15) is 0 Å². The molecule has 1 amide bonds. The third-order valence-corrected chi connectivity index (χ3v) is 4.24. The molecular weight excluding hydrogens is 290 g/mol. The molecule has 23 heavy (non-hydrogen) atoms. The van der Waals surface area contributed by atoms with E-state index in [0.29, 0.717) is 12.4 Å². The first-order valence-corrected chi connectivity index (χ1v) is 8.09. The molecule has 0 unspecified atom stereocenters. The summed E-state index contributed by atoms with van der Waals surface area (Å²) in [7, 11) is 1.94. The SMILES string of the molecule is Cn1c(CN2CCCC2)ccc1OC(=O)NCc1ccccc1. The van der Waals surface area contributed by atoms with Crippen molar-refractivity contribution in [2.24, 2.45) is 7.05 Å². The Morgan fingerprint density at radius 2 is 1.87 bits per heavy atom. The minimum absolute atomic E-state index is 0.428. The van der Waals surface area contributed by atoms with Gasteiger partial charge in [-0.3, -0.25) is 4.90 Å². The van der Waals surface area contributed by atoms with Crippen LogP contribution in [0, 0.1) is 0 Å². The molecule has 1 fully saturated rings. The van der Waals surface area contributed by atoms with E-state index < -0.39 is 6.09 Å². The lowest BCUT2D eigenvalue weighted by Crippen LogP contribution is -2.27. The molecule has 0 atom stereocenters. The summed E-state index contributed by atoms with van der Waals surface area (Å²) in [5.41, 5.74) is 2.21. The molecule has 2 aromatic rings. The van der Waals surface area contributed by atoms with E-state index in [4.69, 9.17) is 4.74 Å². The van der Waals surface area contributed by atoms with Crippen molar-refractivity contribution < 1.29 is 9.53 Å². The quantitative estimate of drug-likeness (QED) is 0.923. The number of amides is 1. The second-order valence-electron chi connectivity index (χ2n) is 5.93. The van der Waals surface area contributed by atoms with E-state index in [-0.39, 0.29) is 0 Å². The van der Waals surface area contributed by atoms with Gasteiger partial charge < -0.3 is 14.6 Å². The Labute approximate surface area is 136 Å². The van der Waals surface area contributed by atoms with Crippen LogP contribution in [0.15, 0.2) is 42.5 Å². The molecule has 1 aromatic carbocycles. The lowest BCUT2D eigenvalue weighted by Gasteiger charge is -2.15. The summed E-state index contributed by atoms with van der Waals surface area (Å²) in [6, 6.07) is 13.7. The number of carbonyl (C=O) groups excluding carboxylic acids is 1. The number of ether oxygens (including phenoxy) is 1. The number of carbonyl (C=O) groups is 1. The molecule has 0 bridgehead atoms. The summed E-state index contributed by atoms with van der Waals surface area (Å²) in [6.07, 6.45) is 2.12. The lowest BCUT2D eigenvalue weighted by molar-refractivity contribution is 0.196. The predicted molar refractivity (Wildman–Crippen MR) is 89.2 cm³/mol. The third-order valence-electron chi connectivity index (χ3n) is 4.24. The topological polar surface area (TPSA) is 46.5 Å². The highest BCUT2D eigenvalue weighted by Gasteiger charge is 2.15. The maximum absolute atomic E-state index is 11.9. The predicted octanol–water partition coefficient (Wildman–Crippen LogP) is 2.91. The molecule has 0 spiro atoms. The fourth-order valence-corrected chi connectivity index (χ4v) is 2.86. The van der Waals surface area contributed by atoms with Crippen LogP contribution in [-0.2, 0) is 20.1 Å². The zero-order chi connectivity index (χ0) is 16.1. The number of rotatable bonds is 5. The first-order valence-electron chi connectivity index (χ1n) is 8.09. The van der Waals surface area contributed by atoms with E-state index in [1.165, 1.54) is 12.8 Å². The van der Waals surface area contributed by atoms with Crippen LogP contribution in [0.1, 0.15) is 24.1 Å². The van der Waals surface area contributed by atoms with Gasteiger partial charge in [-0.1, -0.05) is 30.3 Å². The van der Waals surface area contributed by atoms with Gasteiger partial charge in [-0.2, -0.15) is 0 Å². The largest absolute Gasteiger partial charge is 0.414 e. The highest BCUT2D eigenvalue weighted by Crippen LogP contribution is 2.19. The normalized spacial score (nSPS) is 14.8. The van der Waals surface area contributed by atoms with Crippen LogP contribution in [0.2, 0.25) is 0 Å². The van der Waals surface area contributed by atoms with Gasteiger partial charge in [0, 0.05) is 31.9 Å². The van der Waals surface area contributed by atoms with Crippen molar-refractivity contribution in [3.05, 3.63) is 53.7 Å². The van der Waals surface area contributed by atoms with Gasteiger partial charge in [-0.25, -0.2) is 4.79 Å². The van der Waals surface area contributed by atoms with Crippen LogP contribution >= 0.6 is 0 Å². The molecule has 0 radical (unpaired) electrons. The Kier molecular flexibility index (Phi) is 4.98. The van der Waals surface area contributed by atoms with Gasteiger partial charge in [-0.15, -0.1) is 0 Å². The molecular formula is C18H23N3O2. The van der Waals surface area contributed by atoms with Gasteiger partial charge in [0.25, 0.3) is 0 Å². The summed E-state index contributed by atoms with van der Waals surface area (Å²) in [6.45, 7) is 3.67. The standard InChI is InChI=1S/C18H23N3O2/c1-20-16(14-21-11-5-6-12-21)9-10-17(20)23-18(22)19-13-15-7-3-2-4-8-15/h2-4,7-10H,5-6,11-14H2,1H3,(H,19,22). The van der Waals surface area contributed by atoms with Gasteiger partial charge in [0.05, 0.1) is 0 Å². The molecule has 1 saturated heterocycles. The van der Waals surface area contributed by atoms with Gasteiger partial charge in [0.2, 0.25) is 5.88 Å². The molecule has 122 valence electrons. The van der Waals surface area contributed by atoms with E-state index in [0.717, 1.165) is 30.9 Å². The van der Waals surface area contributed by atoms with Crippen molar-refractivity contribution in [1.82, 2.24) is 14.8 Å². The summed E-state index contributed by atoms with van der Waals surface area (Å²) >= 11 is 0. The average molecular weight is 313 g/mol. The summed E-state index contributed by atoms with van der Waals surface area (Å²) in [4.78, 5) is 14.4. The van der Waals surface area contributed by atoms with Crippen LogP contribution in [0.25, 0.3) is 0 Å². The molecule has 3 rings (SSSR count). The number of nitrogens with zero attached hydrogens (tertiary/aromatic N) is 2. The van der Waals surface area contributed by atoms with E-state index >= 15 is 0 Å². The molecule has 2 heterocycles. The Bertz CT molecular complexity index is 646. The van der Waals surface area contributed by atoms with Crippen LogP contribution in [-0.4, -0.2) is 28.6 Å². The van der Waals surface area contributed by atoms with E-state index in [1.807, 2.05) is 54.1 Å². The monoisotopic (exact) mass is 313 g/mol. The molecule has 1 aliphatic heterocycles. The minimum Gasteiger partial charge on any atom is -0.393 e. The summed E-state index contributed by atoms with van der Waals surface area (Å²) < 4.78 is 7.35. The van der Waals surface area contributed by atoms with Crippen molar-refractivity contribution in [2.45, 2.75) is 25.9 Å². The first-order chi connectivity index (χ1) is 11.2.